The highest BCUT2D eigenvalue weighted by Gasteiger charge is 1.99. The monoisotopic (exact) mass is 195 g/mol. The third-order valence-electron chi connectivity index (χ3n) is 2.02. The fraction of sp³-hybridized carbons (Fsp3) is 0.500. The van der Waals surface area contributed by atoms with E-state index in [4.69, 9.17) is 0 Å². The molecule has 1 aromatic rings. The maximum atomic E-state index is 11.1. The number of likely N-dealkylation sites (N-methyl/N-ethyl adjacent to an activating group) is 1. The average Bonchev–Trinajstić information content (AvgIpc) is 2.52. The molecule has 1 amide bonds. The van der Waals surface area contributed by atoms with Crippen LogP contribution in [-0.2, 0) is 18.4 Å². The molecule has 0 atom stereocenters. The van der Waals surface area contributed by atoms with Gasteiger partial charge in [-0.25, -0.2) is 0 Å². The maximum Gasteiger partial charge on any atom is 0.233 e. The molecule has 1 heterocycles. The van der Waals surface area contributed by atoms with Crippen LogP contribution in [0.1, 0.15) is 12.6 Å². The van der Waals surface area contributed by atoms with Gasteiger partial charge in [0.1, 0.15) is 0 Å². The van der Waals surface area contributed by atoms with Crippen molar-refractivity contribution < 1.29 is 4.79 Å². The number of aryl methyl sites for hydroxylation is 1. The predicted octanol–water partition coefficient (Wildman–Crippen LogP) is 0.251. The molecule has 0 spiro atoms. The highest BCUT2D eigenvalue weighted by atomic mass is 16.1. The van der Waals surface area contributed by atoms with E-state index in [2.05, 4.69) is 10.6 Å². The summed E-state index contributed by atoms with van der Waals surface area (Å²) >= 11 is 0. The van der Waals surface area contributed by atoms with E-state index in [1.807, 2.05) is 36.9 Å². The Labute approximate surface area is 84.3 Å². The fourth-order valence-corrected chi connectivity index (χ4v) is 1.24. The maximum absolute atomic E-state index is 11.1. The molecular weight excluding hydrogens is 178 g/mol. The Morgan fingerprint density at radius 3 is 2.93 bits per heavy atom. The van der Waals surface area contributed by atoms with Crippen molar-refractivity contribution in [3.8, 4) is 0 Å². The van der Waals surface area contributed by atoms with Crippen LogP contribution in [0, 0.1) is 0 Å². The van der Waals surface area contributed by atoms with Crippen LogP contribution in [0.25, 0.3) is 0 Å². The second kappa shape index (κ2) is 5.44. The highest BCUT2D eigenvalue weighted by Crippen LogP contribution is 1.97. The lowest BCUT2D eigenvalue weighted by Crippen LogP contribution is -2.33. The van der Waals surface area contributed by atoms with Gasteiger partial charge in [-0.2, -0.15) is 0 Å². The minimum absolute atomic E-state index is 0.0432. The minimum atomic E-state index is 0.0432. The van der Waals surface area contributed by atoms with E-state index >= 15 is 0 Å². The third kappa shape index (κ3) is 3.22. The van der Waals surface area contributed by atoms with Gasteiger partial charge in [0, 0.05) is 32.0 Å². The van der Waals surface area contributed by atoms with E-state index in [9.17, 15) is 4.79 Å². The van der Waals surface area contributed by atoms with E-state index in [1.165, 1.54) is 5.69 Å². The Balaban J connectivity index is 2.22. The number of aromatic nitrogens is 1. The van der Waals surface area contributed by atoms with Crippen molar-refractivity contribution in [2.24, 2.45) is 7.05 Å². The van der Waals surface area contributed by atoms with Crippen molar-refractivity contribution in [1.29, 1.82) is 0 Å². The lowest BCUT2D eigenvalue weighted by Gasteiger charge is -2.05. The Morgan fingerprint density at radius 1 is 1.57 bits per heavy atom. The molecule has 0 saturated carbocycles. The molecule has 14 heavy (non-hydrogen) atoms. The van der Waals surface area contributed by atoms with Crippen molar-refractivity contribution in [1.82, 2.24) is 15.2 Å². The van der Waals surface area contributed by atoms with E-state index in [1.54, 1.807) is 0 Å². The van der Waals surface area contributed by atoms with Crippen molar-refractivity contribution in [3.05, 3.63) is 24.0 Å². The summed E-state index contributed by atoms with van der Waals surface area (Å²) in [6, 6.07) is 4.02. The first-order valence-corrected chi connectivity index (χ1v) is 4.81. The molecule has 0 radical (unpaired) electrons. The summed E-state index contributed by atoms with van der Waals surface area (Å²) in [6.07, 6.45) is 1.99. The summed E-state index contributed by atoms with van der Waals surface area (Å²) in [5.74, 6) is 0.0432. The Hall–Kier alpha value is -1.29. The summed E-state index contributed by atoms with van der Waals surface area (Å²) in [4.78, 5) is 11.1. The second-order valence-corrected chi connectivity index (χ2v) is 3.17. The first kappa shape index (κ1) is 10.8. The van der Waals surface area contributed by atoms with Crippen molar-refractivity contribution >= 4 is 5.91 Å². The van der Waals surface area contributed by atoms with Gasteiger partial charge in [-0.05, 0) is 19.1 Å². The first-order valence-electron chi connectivity index (χ1n) is 4.81. The number of amides is 1. The van der Waals surface area contributed by atoms with E-state index in [0.717, 1.165) is 6.54 Å². The van der Waals surface area contributed by atoms with Crippen LogP contribution >= 0.6 is 0 Å². The van der Waals surface area contributed by atoms with Gasteiger partial charge in [0.25, 0.3) is 0 Å². The molecule has 0 fully saturated rings. The van der Waals surface area contributed by atoms with Gasteiger partial charge in [-0.3, -0.25) is 4.79 Å². The Bertz CT molecular complexity index is 293. The smallest absolute Gasteiger partial charge is 0.233 e. The number of rotatable bonds is 5. The zero-order chi connectivity index (χ0) is 10.4. The van der Waals surface area contributed by atoms with Gasteiger partial charge in [0.15, 0.2) is 0 Å². The van der Waals surface area contributed by atoms with Crippen LogP contribution in [0.3, 0.4) is 0 Å². The molecule has 0 aliphatic rings. The van der Waals surface area contributed by atoms with Crippen LogP contribution in [-0.4, -0.2) is 23.6 Å². The third-order valence-corrected chi connectivity index (χ3v) is 2.02. The largest absolute Gasteiger partial charge is 0.355 e. The van der Waals surface area contributed by atoms with Crippen molar-refractivity contribution in [3.63, 3.8) is 0 Å². The summed E-state index contributed by atoms with van der Waals surface area (Å²) in [7, 11) is 1.99. The van der Waals surface area contributed by atoms with Crippen LogP contribution in [0.15, 0.2) is 18.3 Å². The van der Waals surface area contributed by atoms with Crippen LogP contribution < -0.4 is 10.6 Å². The van der Waals surface area contributed by atoms with Crippen LogP contribution in [0.2, 0.25) is 0 Å². The molecule has 1 rings (SSSR count). The Morgan fingerprint density at radius 2 is 2.36 bits per heavy atom. The van der Waals surface area contributed by atoms with Gasteiger partial charge in [-0.1, -0.05) is 0 Å². The molecule has 2 N–H and O–H groups in total. The molecule has 78 valence electrons. The van der Waals surface area contributed by atoms with E-state index in [-0.39, 0.29) is 5.91 Å². The SMILES string of the molecule is CCNC(=O)CNCc1cccn1C. The molecule has 0 aromatic carbocycles. The number of carbonyl (C=O) groups excluding carboxylic acids is 1. The molecule has 0 bridgehead atoms. The van der Waals surface area contributed by atoms with E-state index < -0.39 is 0 Å². The van der Waals surface area contributed by atoms with E-state index in [0.29, 0.717) is 13.1 Å². The van der Waals surface area contributed by atoms with Crippen molar-refractivity contribution in [2.45, 2.75) is 13.5 Å². The second-order valence-electron chi connectivity index (χ2n) is 3.17. The van der Waals surface area contributed by atoms with Gasteiger partial charge in [-0.15, -0.1) is 0 Å². The first-order chi connectivity index (χ1) is 6.74. The fourth-order valence-electron chi connectivity index (χ4n) is 1.24. The average molecular weight is 195 g/mol. The number of hydrogen-bond donors (Lipinski definition) is 2. The predicted molar refractivity (Wildman–Crippen MR) is 55.8 cm³/mol. The summed E-state index contributed by atoms with van der Waals surface area (Å²) in [6.45, 7) is 3.69. The number of hydrogen-bond acceptors (Lipinski definition) is 2. The molecule has 0 aliphatic carbocycles. The zero-order valence-electron chi connectivity index (χ0n) is 8.71. The summed E-state index contributed by atoms with van der Waals surface area (Å²) in [5, 5.41) is 5.81. The van der Waals surface area contributed by atoms with Gasteiger partial charge >= 0.3 is 0 Å². The minimum Gasteiger partial charge on any atom is -0.355 e. The standard InChI is InChI=1S/C10H17N3O/c1-3-12-10(14)8-11-7-9-5-4-6-13(9)2/h4-6,11H,3,7-8H2,1-2H3,(H,12,14). The number of nitrogens with one attached hydrogen (secondary N) is 2. The van der Waals surface area contributed by atoms with Crippen LogP contribution in [0.5, 0.6) is 0 Å². The van der Waals surface area contributed by atoms with Gasteiger partial charge in [0.2, 0.25) is 5.91 Å². The summed E-state index contributed by atoms with van der Waals surface area (Å²) in [5.41, 5.74) is 1.18. The lowest BCUT2D eigenvalue weighted by molar-refractivity contribution is -0.120. The molecule has 0 saturated heterocycles. The molecule has 1 aromatic heterocycles. The molecule has 0 unspecified atom stereocenters. The van der Waals surface area contributed by atoms with Gasteiger partial charge < -0.3 is 15.2 Å². The van der Waals surface area contributed by atoms with Crippen LogP contribution in [0.4, 0.5) is 0 Å². The summed E-state index contributed by atoms with van der Waals surface area (Å²) < 4.78 is 2.03. The molecule has 4 nitrogen and oxygen atoms in total. The molecule has 4 heteroatoms. The number of nitrogens with zero attached hydrogens (tertiary/aromatic N) is 1. The molecule has 0 aliphatic heterocycles. The van der Waals surface area contributed by atoms with Gasteiger partial charge in [0.05, 0.1) is 6.54 Å². The van der Waals surface area contributed by atoms with Crippen molar-refractivity contribution in [2.75, 3.05) is 13.1 Å². The number of carbonyl (C=O) groups is 1. The highest BCUT2D eigenvalue weighted by molar-refractivity contribution is 5.77. The topological polar surface area (TPSA) is 46.1 Å². The Kier molecular flexibility index (Phi) is 4.19. The normalized spacial score (nSPS) is 10.1. The quantitative estimate of drug-likeness (QED) is 0.707. The zero-order valence-corrected chi connectivity index (χ0v) is 8.71. The lowest BCUT2D eigenvalue weighted by atomic mass is 10.4. The molecular formula is C10H17N3O.